The van der Waals surface area contributed by atoms with E-state index in [1.54, 1.807) is 42.5 Å². The van der Waals surface area contributed by atoms with Gasteiger partial charge in [0, 0.05) is 17.1 Å². The first kappa shape index (κ1) is 22.5. The number of halogens is 1. The van der Waals surface area contributed by atoms with E-state index in [0.717, 1.165) is 5.56 Å². The van der Waals surface area contributed by atoms with E-state index in [9.17, 15) is 9.59 Å². The number of hydrogen-bond acceptors (Lipinski definition) is 6. The highest BCUT2D eigenvalue weighted by Crippen LogP contribution is 2.25. The highest BCUT2D eigenvalue weighted by molar-refractivity contribution is 7.71. The van der Waals surface area contributed by atoms with E-state index < -0.39 is 0 Å². The van der Waals surface area contributed by atoms with E-state index >= 15 is 0 Å². The average Bonchev–Trinajstić information content (AvgIpc) is 2.82. The maximum Gasteiger partial charge on any atom is 0.267 e. The maximum absolute atomic E-state index is 13.2. The molecule has 2 aromatic carbocycles. The quantitative estimate of drug-likeness (QED) is 0.402. The summed E-state index contributed by atoms with van der Waals surface area (Å²) < 4.78 is 11.8. The summed E-state index contributed by atoms with van der Waals surface area (Å²) in [5.41, 5.74) is 1.33. The molecule has 4 rings (SSSR count). The SMILES string of the molecule is COc1ccc(-n2c(=S)[nH]c3cc(C(=O)NCc4cccc(Cl)c4)ccc3c2=O)nc1OC. The number of carbonyl (C=O) groups is 1. The number of H-pyrrole nitrogens is 1. The van der Waals surface area contributed by atoms with Crippen LogP contribution in [-0.4, -0.2) is 34.7 Å². The number of methoxy groups -OCH3 is 2. The van der Waals surface area contributed by atoms with Crippen LogP contribution in [0.2, 0.25) is 5.02 Å². The topological polar surface area (TPSA) is 98.2 Å². The Morgan fingerprint density at radius 3 is 2.70 bits per heavy atom. The Kier molecular flexibility index (Phi) is 6.43. The van der Waals surface area contributed by atoms with Gasteiger partial charge in [0.1, 0.15) is 5.82 Å². The minimum absolute atomic E-state index is 0.128. The summed E-state index contributed by atoms with van der Waals surface area (Å²) in [6.07, 6.45) is 0. The molecule has 0 bridgehead atoms. The normalized spacial score (nSPS) is 10.8. The fourth-order valence-corrected chi connectivity index (χ4v) is 3.84. The van der Waals surface area contributed by atoms with E-state index in [0.29, 0.717) is 33.8 Å². The number of carbonyl (C=O) groups excluding carboxylic acids is 1. The summed E-state index contributed by atoms with van der Waals surface area (Å²) in [6.45, 7) is 0.319. The third-order valence-electron chi connectivity index (χ3n) is 4.96. The molecule has 4 aromatic rings. The molecule has 0 aliphatic heterocycles. The number of nitrogens with zero attached hydrogens (tertiary/aromatic N) is 2. The van der Waals surface area contributed by atoms with Crippen LogP contribution in [0.5, 0.6) is 11.6 Å². The summed E-state index contributed by atoms with van der Waals surface area (Å²) in [4.78, 5) is 33.1. The predicted molar refractivity (Wildman–Crippen MR) is 128 cm³/mol. The Morgan fingerprint density at radius 1 is 1.15 bits per heavy atom. The van der Waals surface area contributed by atoms with Gasteiger partial charge in [-0.1, -0.05) is 23.7 Å². The van der Waals surface area contributed by atoms with Crippen LogP contribution in [-0.2, 0) is 6.54 Å². The molecule has 1 amide bonds. The van der Waals surface area contributed by atoms with Crippen molar-refractivity contribution in [3.63, 3.8) is 0 Å². The fourth-order valence-electron chi connectivity index (χ4n) is 3.34. The lowest BCUT2D eigenvalue weighted by atomic mass is 10.1. The van der Waals surface area contributed by atoms with Crippen LogP contribution >= 0.6 is 23.8 Å². The number of aromatic nitrogens is 3. The molecule has 0 unspecified atom stereocenters. The minimum Gasteiger partial charge on any atom is -0.491 e. The highest BCUT2D eigenvalue weighted by Gasteiger charge is 2.14. The lowest BCUT2D eigenvalue weighted by molar-refractivity contribution is 0.0951. The van der Waals surface area contributed by atoms with E-state index in [1.807, 2.05) is 12.1 Å². The standard InChI is InChI=1S/C23H19ClN4O4S/c1-31-18-8-9-19(27-21(18)32-2)28-22(30)16-7-6-14(11-17(16)26-23(28)33)20(29)25-12-13-4-3-5-15(24)10-13/h3-11H,12H2,1-2H3,(H,25,29)(H,26,33). The average molecular weight is 483 g/mol. The number of amides is 1. The second kappa shape index (κ2) is 9.43. The van der Waals surface area contributed by atoms with Gasteiger partial charge in [0.2, 0.25) is 0 Å². The summed E-state index contributed by atoms with van der Waals surface area (Å²) in [5, 5.41) is 3.79. The summed E-state index contributed by atoms with van der Waals surface area (Å²) in [7, 11) is 2.95. The number of pyridine rings is 1. The summed E-state index contributed by atoms with van der Waals surface area (Å²) >= 11 is 11.4. The van der Waals surface area contributed by atoms with Crippen LogP contribution in [0, 0.1) is 4.77 Å². The van der Waals surface area contributed by atoms with E-state index in [4.69, 9.17) is 33.3 Å². The van der Waals surface area contributed by atoms with Crippen molar-refractivity contribution in [3.8, 4) is 17.4 Å². The molecular formula is C23H19ClN4O4S. The highest BCUT2D eigenvalue weighted by atomic mass is 35.5. The van der Waals surface area contributed by atoms with Gasteiger partial charge in [0.25, 0.3) is 17.3 Å². The first-order chi connectivity index (χ1) is 15.9. The smallest absolute Gasteiger partial charge is 0.267 e. The predicted octanol–water partition coefficient (Wildman–Crippen LogP) is 4.04. The van der Waals surface area contributed by atoms with Crippen molar-refractivity contribution in [2.45, 2.75) is 6.54 Å². The molecular weight excluding hydrogens is 464 g/mol. The Balaban J connectivity index is 1.67. The molecule has 0 fully saturated rings. The van der Waals surface area contributed by atoms with Crippen LogP contribution in [0.25, 0.3) is 16.7 Å². The van der Waals surface area contributed by atoms with Crippen LogP contribution < -0.4 is 20.3 Å². The van der Waals surface area contributed by atoms with E-state index in [2.05, 4.69) is 15.3 Å². The van der Waals surface area contributed by atoms with E-state index in [-0.39, 0.29) is 27.9 Å². The molecule has 0 spiro atoms. The van der Waals surface area contributed by atoms with Crippen molar-refractivity contribution in [1.29, 1.82) is 0 Å². The zero-order valence-corrected chi connectivity index (χ0v) is 19.3. The van der Waals surface area contributed by atoms with Crippen molar-refractivity contribution in [1.82, 2.24) is 19.9 Å². The Morgan fingerprint density at radius 2 is 1.97 bits per heavy atom. The first-order valence-corrected chi connectivity index (χ1v) is 10.6. The number of fused-ring (bicyclic) bond motifs is 1. The molecule has 0 atom stereocenters. The van der Waals surface area contributed by atoms with Crippen LogP contribution in [0.1, 0.15) is 15.9 Å². The van der Waals surface area contributed by atoms with Crippen molar-refractivity contribution >= 4 is 40.6 Å². The number of benzene rings is 2. The number of aromatic amines is 1. The van der Waals surface area contributed by atoms with Gasteiger partial charge in [-0.15, -0.1) is 0 Å². The summed E-state index contributed by atoms with van der Waals surface area (Å²) in [5.74, 6) is 0.646. The third kappa shape index (κ3) is 4.59. The minimum atomic E-state index is -0.376. The largest absolute Gasteiger partial charge is 0.491 e. The molecule has 2 aromatic heterocycles. The third-order valence-corrected chi connectivity index (χ3v) is 5.47. The molecule has 33 heavy (non-hydrogen) atoms. The van der Waals surface area contributed by atoms with Gasteiger partial charge in [0.15, 0.2) is 10.5 Å². The molecule has 0 aliphatic carbocycles. The zero-order chi connectivity index (χ0) is 23.5. The molecule has 2 N–H and O–H groups in total. The van der Waals surface area contributed by atoms with Gasteiger partial charge in [-0.25, -0.2) is 4.57 Å². The van der Waals surface area contributed by atoms with Gasteiger partial charge in [0.05, 0.1) is 25.1 Å². The van der Waals surface area contributed by atoms with Crippen LogP contribution in [0.4, 0.5) is 0 Å². The second-order valence-electron chi connectivity index (χ2n) is 7.02. The molecule has 2 heterocycles. The van der Waals surface area contributed by atoms with Gasteiger partial charge in [-0.05, 0) is 60.2 Å². The number of hydrogen-bond donors (Lipinski definition) is 2. The van der Waals surface area contributed by atoms with Gasteiger partial charge >= 0.3 is 0 Å². The zero-order valence-electron chi connectivity index (χ0n) is 17.7. The van der Waals surface area contributed by atoms with E-state index in [1.165, 1.54) is 18.8 Å². The number of rotatable bonds is 6. The lowest BCUT2D eigenvalue weighted by Crippen LogP contribution is -2.24. The van der Waals surface area contributed by atoms with Crippen LogP contribution in [0.3, 0.4) is 0 Å². The van der Waals surface area contributed by atoms with Gasteiger partial charge in [-0.3, -0.25) is 9.59 Å². The lowest BCUT2D eigenvalue weighted by Gasteiger charge is -2.11. The molecule has 10 heteroatoms. The maximum atomic E-state index is 13.2. The summed E-state index contributed by atoms with van der Waals surface area (Å²) in [6, 6.07) is 15.2. The number of ether oxygens (including phenoxy) is 2. The molecule has 0 saturated heterocycles. The molecule has 8 nitrogen and oxygen atoms in total. The molecule has 0 radical (unpaired) electrons. The van der Waals surface area contributed by atoms with Crippen molar-refractivity contribution in [3.05, 3.63) is 85.9 Å². The molecule has 0 aliphatic rings. The Hall–Kier alpha value is -3.69. The van der Waals surface area contributed by atoms with Crippen molar-refractivity contribution in [2.75, 3.05) is 14.2 Å². The first-order valence-electron chi connectivity index (χ1n) is 9.82. The second-order valence-corrected chi connectivity index (χ2v) is 7.85. The van der Waals surface area contributed by atoms with Crippen molar-refractivity contribution in [2.24, 2.45) is 0 Å². The van der Waals surface area contributed by atoms with Crippen molar-refractivity contribution < 1.29 is 14.3 Å². The van der Waals surface area contributed by atoms with Gasteiger partial charge < -0.3 is 19.8 Å². The van der Waals surface area contributed by atoms with Gasteiger partial charge in [-0.2, -0.15) is 4.98 Å². The Labute approximate surface area is 198 Å². The number of nitrogens with one attached hydrogen (secondary N) is 2. The molecule has 0 saturated carbocycles. The fraction of sp³-hybridized carbons (Fsp3) is 0.130. The van der Waals surface area contributed by atoms with Crippen LogP contribution in [0.15, 0.2) is 59.4 Å². The Bertz CT molecular complexity index is 1480. The molecule has 168 valence electrons. The monoisotopic (exact) mass is 482 g/mol.